The van der Waals surface area contributed by atoms with Crippen molar-refractivity contribution in [3.05, 3.63) is 0 Å². The Labute approximate surface area is 135 Å². The second-order valence-corrected chi connectivity index (χ2v) is 6.58. The van der Waals surface area contributed by atoms with Crippen molar-refractivity contribution in [2.45, 2.75) is 90.3 Å². The molecule has 22 heavy (non-hydrogen) atoms. The summed E-state index contributed by atoms with van der Waals surface area (Å²) in [5.41, 5.74) is -0.590. The molecule has 5 heteroatoms. The van der Waals surface area contributed by atoms with Gasteiger partial charge >= 0.3 is 6.16 Å². The normalized spacial score (nSPS) is 13.0. The van der Waals surface area contributed by atoms with Gasteiger partial charge in [0.15, 0.2) is 0 Å². The monoisotopic (exact) mass is 318 g/mol. The Kier molecular flexibility index (Phi) is 12.2. The van der Waals surface area contributed by atoms with E-state index in [-0.39, 0.29) is 12.7 Å². The Hall–Kier alpha value is -0.810. The summed E-state index contributed by atoms with van der Waals surface area (Å²) < 4.78 is 10.2. The predicted octanol–water partition coefficient (Wildman–Crippen LogP) is 3.80. The molecule has 0 aliphatic heterocycles. The molecule has 0 aliphatic carbocycles. The molecule has 0 bridgehead atoms. The fraction of sp³-hybridized carbons (Fsp3) is 0.941. The highest BCUT2D eigenvalue weighted by Crippen LogP contribution is 2.14. The summed E-state index contributed by atoms with van der Waals surface area (Å²) in [6, 6.07) is 0. The minimum absolute atomic E-state index is 0.141. The van der Waals surface area contributed by atoms with Crippen LogP contribution >= 0.6 is 0 Å². The first-order valence-corrected chi connectivity index (χ1v) is 8.52. The summed E-state index contributed by atoms with van der Waals surface area (Å²) in [5, 5.41) is 18.2. The van der Waals surface area contributed by atoms with Crippen LogP contribution in [-0.4, -0.2) is 41.3 Å². The SMILES string of the molecule is CC(CCCCCO)OC(=O)OCCCCCCC(C)(C)O. The lowest BCUT2D eigenvalue weighted by Gasteiger charge is -2.16. The van der Waals surface area contributed by atoms with Crippen molar-refractivity contribution < 1.29 is 24.5 Å². The molecule has 0 radical (unpaired) electrons. The average Bonchev–Trinajstić information content (AvgIpc) is 2.41. The van der Waals surface area contributed by atoms with Gasteiger partial charge in [0.25, 0.3) is 0 Å². The number of carbonyl (C=O) groups is 1. The Morgan fingerprint density at radius 1 is 1.05 bits per heavy atom. The average molecular weight is 318 g/mol. The van der Waals surface area contributed by atoms with Gasteiger partial charge in [-0.25, -0.2) is 4.79 Å². The van der Waals surface area contributed by atoms with Crippen molar-refractivity contribution in [3.8, 4) is 0 Å². The third-order valence-electron chi connectivity index (χ3n) is 3.47. The van der Waals surface area contributed by atoms with Gasteiger partial charge in [0, 0.05) is 6.61 Å². The quantitative estimate of drug-likeness (QED) is 0.399. The fourth-order valence-electron chi connectivity index (χ4n) is 2.15. The van der Waals surface area contributed by atoms with Gasteiger partial charge in [-0.05, 0) is 52.9 Å². The Morgan fingerprint density at radius 3 is 2.32 bits per heavy atom. The molecule has 0 aliphatic rings. The lowest BCUT2D eigenvalue weighted by molar-refractivity contribution is 0.0249. The molecule has 1 unspecified atom stereocenters. The van der Waals surface area contributed by atoms with Gasteiger partial charge in [-0.3, -0.25) is 0 Å². The van der Waals surface area contributed by atoms with Gasteiger partial charge in [-0.1, -0.05) is 25.7 Å². The van der Waals surface area contributed by atoms with Crippen LogP contribution in [0, 0.1) is 0 Å². The first-order chi connectivity index (χ1) is 10.3. The van der Waals surface area contributed by atoms with E-state index in [1.807, 2.05) is 20.8 Å². The first kappa shape index (κ1) is 21.2. The molecule has 132 valence electrons. The van der Waals surface area contributed by atoms with E-state index in [1.54, 1.807) is 0 Å². The van der Waals surface area contributed by atoms with Crippen molar-refractivity contribution in [1.29, 1.82) is 0 Å². The summed E-state index contributed by atoms with van der Waals surface area (Å²) >= 11 is 0. The molecule has 0 saturated carbocycles. The van der Waals surface area contributed by atoms with E-state index in [0.717, 1.165) is 57.8 Å². The second kappa shape index (κ2) is 12.7. The number of rotatable bonds is 13. The molecule has 0 aromatic rings. The number of carbonyl (C=O) groups excluding carboxylic acids is 1. The van der Waals surface area contributed by atoms with Crippen LogP contribution in [0.2, 0.25) is 0 Å². The number of ether oxygens (including phenoxy) is 2. The summed E-state index contributed by atoms with van der Waals surface area (Å²) in [6.07, 6.45) is 7.37. The number of aliphatic hydroxyl groups excluding tert-OH is 1. The molecule has 0 amide bonds. The highest BCUT2D eigenvalue weighted by molar-refractivity contribution is 5.60. The molecule has 0 aromatic carbocycles. The lowest BCUT2D eigenvalue weighted by atomic mass is 10.0. The van der Waals surface area contributed by atoms with Gasteiger partial charge < -0.3 is 19.7 Å². The van der Waals surface area contributed by atoms with E-state index in [2.05, 4.69) is 0 Å². The van der Waals surface area contributed by atoms with E-state index in [9.17, 15) is 9.90 Å². The van der Waals surface area contributed by atoms with Crippen LogP contribution in [0.15, 0.2) is 0 Å². The molecule has 5 nitrogen and oxygen atoms in total. The maximum Gasteiger partial charge on any atom is 0.508 e. The van der Waals surface area contributed by atoms with E-state index in [0.29, 0.717) is 6.61 Å². The lowest BCUT2D eigenvalue weighted by Crippen LogP contribution is -2.17. The zero-order valence-corrected chi connectivity index (χ0v) is 14.5. The number of aliphatic hydroxyl groups is 2. The Morgan fingerprint density at radius 2 is 1.68 bits per heavy atom. The molecule has 2 N–H and O–H groups in total. The summed E-state index contributed by atoms with van der Waals surface area (Å²) in [7, 11) is 0. The fourth-order valence-corrected chi connectivity index (χ4v) is 2.15. The summed E-state index contributed by atoms with van der Waals surface area (Å²) in [6.45, 7) is 6.09. The second-order valence-electron chi connectivity index (χ2n) is 6.58. The highest BCUT2D eigenvalue weighted by atomic mass is 16.7. The third-order valence-corrected chi connectivity index (χ3v) is 3.47. The van der Waals surface area contributed by atoms with Crippen molar-refractivity contribution >= 4 is 6.16 Å². The van der Waals surface area contributed by atoms with Gasteiger partial charge in [-0.15, -0.1) is 0 Å². The van der Waals surface area contributed by atoms with Crippen molar-refractivity contribution in [2.75, 3.05) is 13.2 Å². The molecule has 0 saturated heterocycles. The molecule has 0 heterocycles. The smallest absolute Gasteiger partial charge is 0.434 e. The van der Waals surface area contributed by atoms with Crippen molar-refractivity contribution in [2.24, 2.45) is 0 Å². The zero-order chi connectivity index (χ0) is 16.8. The van der Waals surface area contributed by atoms with Crippen molar-refractivity contribution in [3.63, 3.8) is 0 Å². The van der Waals surface area contributed by atoms with Crippen molar-refractivity contribution in [1.82, 2.24) is 0 Å². The number of hydrogen-bond acceptors (Lipinski definition) is 5. The van der Waals surface area contributed by atoms with Gasteiger partial charge in [0.2, 0.25) is 0 Å². The van der Waals surface area contributed by atoms with Gasteiger partial charge in [0.1, 0.15) is 6.10 Å². The maximum atomic E-state index is 11.4. The highest BCUT2D eigenvalue weighted by Gasteiger charge is 2.12. The van der Waals surface area contributed by atoms with Crippen LogP contribution in [0.25, 0.3) is 0 Å². The molecule has 0 rings (SSSR count). The maximum absolute atomic E-state index is 11.4. The van der Waals surface area contributed by atoms with Crippen LogP contribution in [0.1, 0.15) is 78.6 Å². The molecular formula is C17H34O5. The van der Waals surface area contributed by atoms with Gasteiger partial charge in [0.05, 0.1) is 12.2 Å². The first-order valence-electron chi connectivity index (χ1n) is 8.52. The zero-order valence-electron chi connectivity index (χ0n) is 14.5. The van der Waals surface area contributed by atoms with E-state index in [4.69, 9.17) is 14.6 Å². The molecule has 1 atom stereocenters. The molecule has 0 aromatic heterocycles. The van der Waals surface area contributed by atoms with E-state index >= 15 is 0 Å². The third kappa shape index (κ3) is 15.6. The van der Waals surface area contributed by atoms with Crippen LogP contribution in [-0.2, 0) is 9.47 Å². The minimum atomic E-state index is -0.592. The summed E-state index contributed by atoms with van der Waals surface area (Å²) in [5.74, 6) is 0. The summed E-state index contributed by atoms with van der Waals surface area (Å²) in [4.78, 5) is 11.4. The van der Waals surface area contributed by atoms with Crippen LogP contribution in [0.3, 0.4) is 0 Å². The molecule has 0 fully saturated rings. The number of unbranched alkanes of at least 4 members (excludes halogenated alkanes) is 5. The standard InChI is InChI=1S/C17H34O5/c1-15(11-7-6-9-13-18)22-16(19)21-14-10-5-4-8-12-17(2,3)20/h15,18,20H,4-14H2,1-3H3. The Bertz CT molecular complexity index is 273. The Balaban J connectivity index is 3.42. The largest absolute Gasteiger partial charge is 0.508 e. The van der Waals surface area contributed by atoms with E-state index in [1.165, 1.54) is 0 Å². The van der Waals surface area contributed by atoms with Gasteiger partial charge in [-0.2, -0.15) is 0 Å². The van der Waals surface area contributed by atoms with E-state index < -0.39 is 11.8 Å². The van der Waals surface area contributed by atoms with Crippen LogP contribution < -0.4 is 0 Å². The topological polar surface area (TPSA) is 76.0 Å². The predicted molar refractivity (Wildman–Crippen MR) is 86.8 cm³/mol. The molecule has 0 spiro atoms. The molecular weight excluding hydrogens is 284 g/mol. The minimum Gasteiger partial charge on any atom is -0.434 e. The van der Waals surface area contributed by atoms with Crippen LogP contribution in [0.4, 0.5) is 4.79 Å². The van der Waals surface area contributed by atoms with Crippen LogP contribution in [0.5, 0.6) is 0 Å². The number of hydrogen-bond donors (Lipinski definition) is 2.